The maximum absolute atomic E-state index is 11.6. The molecule has 0 aliphatic carbocycles. The molecule has 3 rings (SSSR count). The van der Waals surface area contributed by atoms with Gasteiger partial charge in [0.2, 0.25) is 0 Å². The summed E-state index contributed by atoms with van der Waals surface area (Å²) < 4.78 is 5.51. The standard InChI is InChI=1S/C16H21NO3/c18-16(19)15-10-12-4-1-2-5-13(12)11-17(15)14-6-3-8-20-9-7-14/h1-2,4-5,14-15H,3,6-11H2,(H,18,19). The zero-order chi connectivity index (χ0) is 13.9. The maximum atomic E-state index is 11.6. The van der Waals surface area contributed by atoms with Crippen LogP contribution in [-0.2, 0) is 22.5 Å². The molecule has 0 aromatic heterocycles. The molecule has 1 aromatic carbocycles. The van der Waals surface area contributed by atoms with Crippen molar-refractivity contribution in [3.8, 4) is 0 Å². The van der Waals surface area contributed by atoms with Crippen LogP contribution >= 0.6 is 0 Å². The highest BCUT2D eigenvalue weighted by molar-refractivity contribution is 5.74. The Balaban J connectivity index is 1.85. The molecule has 1 aromatic rings. The average molecular weight is 275 g/mol. The van der Waals surface area contributed by atoms with Crippen molar-refractivity contribution < 1.29 is 14.6 Å². The van der Waals surface area contributed by atoms with Crippen molar-refractivity contribution in [3.63, 3.8) is 0 Å². The highest BCUT2D eigenvalue weighted by Gasteiger charge is 2.35. The van der Waals surface area contributed by atoms with Crippen LogP contribution in [0.4, 0.5) is 0 Å². The first-order valence-electron chi connectivity index (χ1n) is 7.39. The summed E-state index contributed by atoms with van der Waals surface area (Å²) in [5, 5.41) is 9.56. The van der Waals surface area contributed by atoms with Gasteiger partial charge in [-0.1, -0.05) is 24.3 Å². The summed E-state index contributed by atoms with van der Waals surface area (Å²) in [4.78, 5) is 13.8. The van der Waals surface area contributed by atoms with E-state index >= 15 is 0 Å². The highest BCUT2D eigenvalue weighted by atomic mass is 16.5. The number of carboxylic acid groups (broad SMARTS) is 1. The lowest BCUT2D eigenvalue weighted by atomic mass is 9.91. The first-order valence-corrected chi connectivity index (χ1v) is 7.39. The first kappa shape index (κ1) is 13.6. The van der Waals surface area contributed by atoms with E-state index in [1.807, 2.05) is 12.1 Å². The lowest BCUT2D eigenvalue weighted by Crippen LogP contribution is -2.50. The number of hydrogen-bond acceptors (Lipinski definition) is 3. The molecule has 1 fully saturated rings. The number of ether oxygens (including phenoxy) is 1. The zero-order valence-electron chi connectivity index (χ0n) is 11.6. The van der Waals surface area contributed by atoms with Crippen LogP contribution in [0.5, 0.6) is 0 Å². The van der Waals surface area contributed by atoms with Crippen molar-refractivity contribution >= 4 is 5.97 Å². The molecule has 2 atom stereocenters. The van der Waals surface area contributed by atoms with Gasteiger partial charge in [-0.15, -0.1) is 0 Å². The summed E-state index contributed by atoms with van der Waals surface area (Å²) in [6, 6.07) is 8.13. The molecule has 0 saturated carbocycles. The van der Waals surface area contributed by atoms with Crippen molar-refractivity contribution in [1.29, 1.82) is 0 Å². The van der Waals surface area contributed by atoms with Crippen molar-refractivity contribution in [3.05, 3.63) is 35.4 Å². The second-order valence-electron chi connectivity index (χ2n) is 5.70. The van der Waals surface area contributed by atoms with Gasteiger partial charge in [-0.25, -0.2) is 0 Å². The molecule has 2 aliphatic rings. The van der Waals surface area contributed by atoms with Gasteiger partial charge in [0.1, 0.15) is 6.04 Å². The van der Waals surface area contributed by atoms with Gasteiger partial charge in [-0.3, -0.25) is 9.69 Å². The van der Waals surface area contributed by atoms with Gasteiger partial charge < -0.3 is 9.84 Å². The number of rotatable bonds is 2. The fourth-order valence-electron chi connectivity index (χ4n) is 3.37. The Bertz CT molecular complexity index is 480. The lowest BCUT2D eigenvalue weighted by molar-refractivity contribution is -0.145. The molecular weight excluding hydrogens is 254 g/mol. The Labute approximate surface area is 119 Å². The molecule has 20 heavy (non-hydrogen) atoms. The van der Waals surface area contributed by atoms with Crippen LogP contribution in [0.3, 0.4) is 0 Å². The summed E-state index contributed by atoms with van der Waals surface area (Å²) in [6.45, 7) is 2.30. The molecular formula is C16H21NO3. The normalized spacial score (nSPS) is 27.6. The summed E-state index contributed by atoms with van der Waals surface area (Å²) >= 11 is 0. The molecule has 1 N–H and O–H groups in total. The molecule has 108 valence electrons. The van der Waals surface area contributed by atoms with Crippen LogP contribution in [0.25, 0.3) is 0 Å². The maximum Gasteiger partial charge on any atom is 0.321 e. The van der Waals surface area contributed by atoms with Crippen molar-refractivity contribution in [1.82, 2.24) is 4.90 Å². The quantitative estimate of drug-likeness (QED) is 0.897. The third kappa shape index (κ3) is 2.72. The van der Waals surface area contributed by atoms with Gasteiger partial charge in [-0.05, 0) is 36.8 Å². The molecule has 1 saturated heterocycles. The number of carboxylic acids is 1. The van der Waals surface area contributed by atoms with Crippen LogP contribution in [0.2, 0.25) is 0 Å². The van der Waals surface area contributed by atoms with E-state index in [1.54, 1.807) is 0 Å². The predicted molar refractivity (Wildman–Crippen MR) is 75.6 cm³/mol. The zero-order valence-corrected chi connectivity index (χ0v) is 11.6. The summed E-state index contributed by atoms with van der Waals surface area (Å²) in [7, 11) is 0. The molecule has 4 heteroatoms. The predicted octanol–water partition coefficient (Wildman–Crippen LogP) is 2.07. The largest absolute Gasteiger partial charge is 0.480 e. The average Bonchev–Trinajstić information content (AvgIpc) is 2.74. The fourth-order valence-corrected chi connectivity index (χ4v) is 3.37. The van der Waals surface area contributed by atoms with E-state index in [0.29, 0.717) is 12.5 Å². The molecule has 2 unspecified atom stereocenters. The third-order valence-corrected chi connectivity index (χ3v) is 4.46. The van der Waals surface area contributed by atoms with Crippen LogP contribution in [-0.4, -0.2) is 41.3 Å². The molecule has 2 heterocycles. The molecule has 2 aliphatic heterocycles. The number of benzene rings is 1. The van der Waals surface area contributed by atoms with E-state index in [2.05, 4.69) is 17.0 Å². The number of hydrogen-bond donors (Lipinski definition) is 1. The summed E-state index contributed by atoms with van der Waals surface area (Å²) in [5.74, 6) is -0.704. The Morgan fingerprint density at radius 3 is 2.80 bits per heavy atom. The SMILES string of the molecule is O=C(O)C1Cc2ccccc2CN1C1CCCOCC1. The number of nitrogens with zero attached hydrogens (tertiary/aromatic N) is 1. The molecule has 0 amide bonds. The minimum atomic E-state index is -0.704. The topological polar surface area (TPSA) is 49.8 Å². The van der Waals surface area contributed by atoms with Crippen LogP contribution in [0.15, 0.2) is 24.3 Å². The Kier molecular flexibility index (Phi) is 4.03. The third-order valence-electron chi connectivity index (χ3n) is 4.46. The molecule has 0 radical (unpaired) electrons. The van der Waals surface area contributed by atoms with Gasteiger partial charge in [0.05, 0.1) is 0 Å². The number of fused-ring (bicyclic) bond motifs is 1. The lowest BCUT2D eigenvalue weighted by Gasteiger charge is -2.39. The van der Waals surface area contributed by atoms with Crippen LogP contribution in [0.1, 0.15) is 30.4 Å². The molecule has 4 nitrogen and oxygen atoms in total. The number of aliphatic carboxylic acids is 1. The van der Waals surface area contributed by atoms with E-state index < -0.39 is 12.0 Å². The van der Waals surface area contributed by atoms with Gasteiger partial charge in [0.15, 0.2) is 0 Å². The van der Waals surface area contributed by atoms with Crippen LogP contribution in [0, 0.1) is 0 Å². The van der Waals surface area contributed by atoms with Crippen molar-refractivity contribution in [2.75, 3.05) is 13.2 Å². The summed E-state index contributed by atoms with van der Waals surface area (Å²) in [5.41, 5.74) is 2.45. The Morgan fingerprint density at radius 1 is 1.20 bits per heavy atom. The van der Waals surface area contributed by atoms with E-state index in [9.17, 15) is 9.90 Å². The van der Waals surface area contributed by atoms with Gasteiger partial charge in [0, 0.05) is 25.8 Å². The van der Waals surface area contributed by atoms with Crippen molar-refractivity contribution in [2.24, 2.45) is 0 Å². The fraction of sp³-hybridized carbons (Fsp3) is 0.562. The molecule has 0 bridgehead atoms. The minimum absolute atomic E-state index is 0.326. The first-order chi connectivity index (χ1) is 9.75. The van der Waals surface area contributed by atoms with E-state index in [-0.39, 0.29) is 0 Å². The van der Waals surface area contributed by atoms with Gasteiger partial charge in [-0.2, -0.15) is 0 Å². The van der Waals surface area contributed by atoms with E-state index in [1.165, 1.54) is 11.1 Å². The highest BCUT2D eigenvalue weighted by Crippen LogP contribution is 2.28. The smallest absolute Gasteiger partial charge is 0.321 e. The van der Waals surface area contributed by atoms with E-state index in [4.69, 9.17) is 4.74 Å². The Morgan fingerprint density at radius 2 is 2.00 bits per heavy atom. The van der Waals surface area contributed by atoms with Crippen molar-refractivity contribution in [2.45, 2.75) is 44.3 Å². The molecule has 0 spiro atoms. The number of carbonyl (C=O) groups is 1. The second kappa shape index (κ2) is 5.94. The Hall–Kier alpha value is -1.39. The van der Waals surface area contributed by atoms with Crippen LogP contribution < -0.4 is 0 Å². The minimum Gasteiger partial charge on any atom is -0.480 e. The second-order valence-corrected chi connectivity index (χ2v) is 5.70. The summed E-state index contributed by atoms with van der Waals surface area (Å²) in [6.07, 6.45) is 3.61. The van der Waals surface area contributed by atoms with Gasteiger partial charge >= 0.3 is 5.97 Å². The monoisotopic (exact) mass is 275 g/mol. The van der Waals surface area contributed by atoms with E-state index in [0.717, 1.165) is 39.0 Å². The van der Waals surface area contributed by atoms with Gasteiger partial charge in [0.25, 0.3) is 0 Å².